The van der Waals surface area contributed by atoms with Gasteiger partial charge in [0, 0.05) is 11.4 Å². The SMILES string of the molecule is Clc1ccc(OC2CCCCO2)cc1. The molecule has 1 unspecified atom stereocenters. The van der Waals surface area contributed by atoms with Gasteiger partial charge in [-0.25, -0.2) is 0 Å². The number of benzene rings is 1. The molecule has 2 rings (SSSR count). The third-order valence-electron chi connectivity index (χ3n) is 2.22. The molecule has 0 amide bonds. The predicted octanol–water partition coefficient (Wildman–Crippen LogP) is 3.25. The summed E-state index contributed by atoms with van der Waals surface area (Å²) in [6.45, 7) is 0.804. The average Bonchev–Trinajstić information content (AvgIpc) is 2.23. The van der Waals surface area contributed by atoms with Crippen molar-refractivity contribution in [2.75, 3.05) is 6.61 Å². The minimum atomic E-state index is -0.0788. The fourth-order valence-corrected chi connectivity index (χ4v) is 1.60. The van der Waals surface area contributed by atoms with Gasteiger partial charge in [-0.1, -0.05) is 11.6 Å². The molecule has 0 spiro atoms. The third kappa shape index (κ3) is 2.63. The molecule has 1 atom stereocenters. The van der Waals surface area contributed by atoms with Gasteiger partial charge < -0.3 is 9.47 Å². The van der Waals surface area contributed by atoms with Crippen LogP contribution in [0.2, 0.25) is 5.02 Å². The first-order valence-electron chi connectivity index (χ1n) is 4.88. The van der Waals surface area contributed by atoms with Crippen LogP contribution in [-0.2, 0) is 4.74 Å². The van der Waals surface area contributed by atoms with Gasteiger partial charge in [-0.3, -0.25) is 0 Å². The first-order valence-corrected chi connectivity index (χ1v) is 5.26. The van der Waals surface area contributed by atoms with Gasteiger partial charge in [-0.05, 0) is 37.1 Å². The Morgan fingerprint density at radius 1 is 1.21 bits per heavy atom. The van der Waals surface area contributed by atoms with Crippen molar-refractivity contribution in [3.8, 4) is 5.75 Å². The Balaban J connectivity index is 1.92. The van der Waals surface area contributed by atoms with Crippen LogP contribution in [0.3, 0.4) is 0 Å². The van der Waals surface area contributed by atoms with E-state index in [4.69, 9.17) is 21.1 Å². The third-order valence-corrected chi connectivity index (χ3v) is 2.47. The molecule has 0 bridgehead atoms. The molecule has 1 fully saturated rings. The smallest absolute Gasteiger partial charge is 0.199 e. The second-order valence-corrected chi connectivity index (χ2v) is 3.80. The van der Waals surface area contributed by atoms with Crippen molar-refractivity contribution < 1.29 is 9.47 Å². The first kappa shape index (κ1) is 9.81. The van der Waals surface area contributed by atoms with Crippen molar-refractivity contribution in [1.29, 1.82) is 0 Å². The maximum atomic E-state index is 5.77. The zero-order valence-corrected chi connectivity index (χ0v) is 8.67. The summed E-state index contributed by atoms with van der Waals surface area (Å²) in [4.78, 5) is 0. The van der Waals surface area contributed by atoms with Crippen molar-refractivity contribution in [1.82, 2.24) is 0 Å². The Labute approximate surface area is 88.8 Å². The van der Waals surface area contributed by atoms with E-state index in [0.29, 0.717) is 0 Å². The topological polar surface area (TPSA) is 18.5 Å². The number of halogens is 1. The summed E-state index contributed by atoms with van der Waals surface area (Å²) in [5, 5.41) is 0.724. The average molecular weight is 213 g/mol. The van der Waals surface area contributed by atoms with Gasteiger partial charge in [-0.2, -0.15) is 0 Å². The van der Waals surface area contributed by atoms with Crippen molar-refractivity contribution in [2.24, 2.45) is 0 Å². The molecule has 1 aliphatic heterocycles. The van der Waals surface area contributed by atoms with Crippen molar-refractivity contribution in [3.63, 3.8) is 0 Å². The van der Waals surface area contributed by atoms with Gasteiger partial charge in [0.15, 0.2) is 6.29 Å². The Hall–Kier alpha value is -0.730. The number of hydrogen-bond acceptors (Lipinski definition) is 2. The molecule has 1 aromatic rings. The highest BCUT2D eigenvalue weighted by Gasteiger charge is 2.14. The second-order valence-electron chi connectivity index (χ2n) is 3.37. The van der Waals surface area contributed by atoms with Crippen molar-refractivity contribution in [2.45, 2.75) is 25.6 Å². The van der Waals surface area contributed by atoms with Crippen LogP contribution >= 0.6 is 11.6 Å². The molecule has 1 aliphatic rings. The molecule has 3 heteroatoms. The van der Waals surface area contributed by atoms with Crippen LogP contribution in [0.4, 0.5) is 0 Å². The van der Waals surface area contributed by atoms with Crippen LogP contribution in [0.25, 0.3) is 0 Å². The number of rotatable bonds is 2. The van der Waals surface area contributed by atoms with Crippen molar-refractivity contribution in [3.05, 3.63) is 29.3 Å². The Kier molecular flexibility index (Phi) is 3.27. The van der Waals surface area contributed by atoms with Crippen LogP contribution in [-0.4, -0.2) is 12.9 Å². The second kappa shape index (κ2) is 4.67. The minimum Gasteiger partial charge on any atom is -0.465 e. The number of ether oxygens (including phenoxy) is 2. The Morgan fingerprint density at radius 3 is 2.64 bits per heavy atom. The lowest BCUT2D eigenvalue weighted by molar-refractivity contribution is -0.105. The summed E-state index contributed by atoms with van der Waals surface area (Å²) in [6, 6.07) is 7.36. The highest BCUT2D eigenvalue weighted by molar-refractivity contribution is 6.30. The molecular weight excluding hydrogens is 200 g/mol. The molecule has 0 saturated carbocycles. The maximum absolute atomic E-state index is 5.77. The Bertz CT molecular complexity index is 278. The monoisotopic (exact) mass is 212 g/mol. The zero-order chi connectivity index (χ0) is 9.80. The molecule has 0 aromatic heterocycles. The molecule has 1 heterocycles. The largest absolute Gasteiger partial charge is 0.465 e. The summed E-state index contributed by atoms with van der Waals surface area (Å²) in [6.07, 6.45) is 3.21. The van der Waals surface area contributed by atoms with Gasteiger partial charge in [0.1, 0.15) is 5.75 Å². The number of hydrogen-bond donors (Lipinski definition) is 0. The van der Waals surface area contributed by atoms with E-state index in [-0.39, 0.29) is 6.29 Å². The summed E-state index contributed by atoms with van der Waals surface area (Å²) in [5.41, 5.74) is 0. The van der Waals surface area contributed by atoms with Crippen LogP contribution < -0.4 is 4.74 Å². The minimum absolute atomic E-state index is 0.0788. The lowest BCUT2D eigenvalue weighted by atomic mass is 10.2. The van der Waals surface area contributed by atoms with E-state index in [1.807, 2.05) is 24.3 Å². The summed E-state index contributed by atoms with van der Waals surface area (Å²) in [7, 11) is 0. The van der Waals surface area contributed by atoms with Crippen LogP contribution in [0.1, 0.15) is 19.3 Å². The molecule has 1 aromatic carbocycles. The lowest BCUT2D eigenvalue weighted by Gasteiger charge is -2.23. The fraction of sp³-hybridized carbons (Fsp3) is 0.455. The quantitative estimate of drug-likeness (QED) is 0.749. The molecule has 0 aliphatic carbocycles. The molecule has 0 radical (unpaired) electrons. The molecule has 14 heavy (non-hydrogen) atoms. The van der Waals surface area contributed by atoms with E-state index in [1.54, 1.807) is 0 Å². The van der Waals surface area contributed by atoms with E-state index in [0.717, 1.165) is 30.2 Å². The lowest BCUT2D eigenvalue weighted by Crippen LogP contribution is -2.24. The van der Waals surface area contributed by atoms with E-state index in [9.17, 15) is 0 Å². The molecule has 76 valence electrons. The summed E-state index contributed by atoms with van der Waals surface area (Å²) in [5.74, 6) is 0.821. The van der Waals surface area contributed by atoms with Gasteiger partial charge in [0.2, 0.25) is 0 Å². The van der Waals surface area contributed by atoms with E-state index >= 15 is 0 Å². The van der Waals surface area contributed by atoms with Gasteiger partial charge in [-0.15, -0.1) is 0 Å². The molecular formula is C11H13ClO2. The molecule has 0 N–H and O–H groups in total. The van der Waals surface area contributed by atoms with Crippen LogP contribution in [0, 0.1) is 0 Å². The fourth-order valence-electron chi connectivity index (χ4n) is 1.47. The highest BCUT2D eigenvalue weighted by Crippen LogP contribution is 2.20. The van der Waals surface area contributed by atoms with E-state index in [2.05, 4.69) is 0 Å². The first-order chi connectivity index (χ1) is 6.84. The Morgan fingerprint density at radius 2 is 2.00 bits per heavy atom. The predicted molar refractivity (Wildman–Crippen MR) is 55.7 cm³/mol. The molecule has 1 saturated heterocycles. The normalized spacial score (nSPS) is 21.9. The van der Waals surface area contributed by atoms with E-state index < -0.39 is 0 Å². The zero-order valence-electron chi connectivity index (χ0n) is 7.91. The highest BCUT2D eigenvalue weighted by atomic mass is 35.5. The maximum Gasteiger partial charge on any atom is 0.199 e. The van der Waals surface area contributed by atoms with Gasteiger partial charge >= 0.3 is 0 Å². The summed E-state index contributed by atoms with van der Waals surface area (Å²) >= 11 is 5.77. The standard InChI is InChI=1S/C11H13ClO2/c12-9-4-6-10(7-5-9)14-11-3-1-2-8-13-11/h4-7,11H,1-3,8H2. The van der Waals surface area contributed by atoms with Gasteiger partial charge in [0.25, 0.3) is 0 Å². The van der Waals surface area contributed by atoms with Crippen molar-refractivity contribution >= 4 is 11.6 Å². The van der Waals surface area contributed by atoms with Crippen LogP contribution in [0.15, 0.2) is 24.3 Å². The van der Waals surface area contributed by atoms with Gasteiger partial charge in [0.05, 0.1) is 6.61 Å². The van der Waals surface area contributed by atoms with E-state index in [1.165, 1.54) is 6.42 Å². The summed E-state index contributed by atoms with van der Waals surface area (Å²) < 4.78 is 11.1. The van der Waals surface area contributed by atoms with Crippen LogP contribution in [0.5, 0.6) is 5.75 Å². The molecule has 2 nitrogen and oxygen atoms in total.